The Labute approximate surface area is 234 Å². The lowest BCUT2D eigenvalue weighted by Crippen LogP contribution is -2.52. The molecule has 3 aromatic carbocycles. The fraction of sp³-hybridized carbons (Fsp3) is 0.333. The van der Waals surface area contributed by atoms with Gasteiger partial charge in [0.15, 0.2) is 0 Å². The molecule has 0 radical (unpaired) electrons. The fourth-order valence-electron chi connectivity index (χ4n) is 4.78. The van der Waals surface area contributed by atoms with Crippen LogP contribution >= 0.6 is 0 Å². The molecule has 0 aliphatic heterocycles. The van der Waals surface area contributed by atoms with Crippen molar-refractivity contribution in [3.8, 4) is 5.75 Å². The van der Waals surface area contributed by atoms with Gasteiger partial charge in [0.2, 0.25) is 11.8 Å². The largest absolute Gasteiger partial charge is 0.497 e. The van der Waals surface area contributed by atoms with Crippen LogP contribution in [0.4, 0.5) is 10.1 Å². The summed E-state index contributed by atoms with van der Waals surface area (Å²) < 4.78 is 47.5. The minimum Gasteiger partial charge on any atom is -0.497 e. The molecule has 0 aromatic heterocycles. The van der Waals surface area contributed by atoms with Crippen LogP contribution in [0.1, 0.15) is 38.2 Å². The zero-order valence-electron chi connectivity index (χ0n) is 22.6. The van der Waals surface area contributed by atoms with Crippen molar-refractivity contribution in [3.05, 3.63) is 90.2 Å². The summed E-state index contributed by atoms with van der Waals surface area (Å²) in [5.41, 5.74) is 0.843. The number of nitrogens with one attached hydrogen (secondary N) is 1. The third kappa shape index (κ3) is 6.98. The minimum atomic E-state index is -4.17. The molecule has 0 saturated heterocycles. The van der Waals surface area contributed by atoms with Gasteiger partial charge in [0, 0.05) is 18.7 Å². The van der Waals surface area contributed by atoms with Gasteiger partial charge in [0.25, 0.3) is 10.0 Å². The predicted octanol–water partition coefficient (Wildman–Crippen LogP) is 4.51. The second-order valence-corrected chi connectivity index (χ2v) is 11.7. The molecule has 1 aliphatic rings. The summed E-state index contributed by atoms with van der Waals surface area (Å²) >= 11 is 0. The van der Waals surface area contributed by atoms with Gasteiger partial charge < -0.3 is 15.0 Å². The van der Waals surface area contributed by atoms with E-state index in [4.69, 9.17) is 4.74 Å². The molecule has 3 aromatic rings. The summed E-state index contributed by atoms with van der Waals surface area (Å²) in [5, 5.41) is 3.02. The number of rotatable bonds is 11. The molecule has 0 spiro atoms. The Kier molecular flexibility index (Phi) is 9.42. The number of benzene rings is 3. The SMILES string of the molecule is COc1cccc(N(CC(=O)N(Cc2ccc(F)cc2)[C@@H](C)C(=O)NC2CCCC2)S(=O)(=O)c2ccccc2)c1. The van der Waals surface area contributed by atoms with Crippen molar-refractivity contribution in [2.75, 3.05) is 18.0 Å². The van der Waals surface area contributed by atoms with E-state index in [1.807, 2.05) is 0 Å². The number of ether oxygens (including phenoxy) is 1. The van der Waals surface area contributed by atoms with Crippen LogP contribution in [0.5, 0.6) is 5.75 Å². The first-order chi connectivity index (χ1) is 19.2. The molecule has 1 saturated carbocycles. The first-order valence-electron chi connectivity index (χ1n) is 13.2. The molecular formula is C30H34FN3O5S. The molecule has 1 N–H and O–H groups in total. The zero-order chi connectivity index (χ0) is 28.7. The minimum absolute atomic E-state index is 0.00426. The molecule has 40 heavy (non-hydrogen) atoms. The van der Waals surface area contributed by atoms with Crippen molar-refractivity contribution in [1.82, 2.24) is 10.2 Å². The van der Waals surface area contributed by atoms with Crippen molar-refractivity contribution in [2.45, 2.75) is 56.1 Å². The summed E-state index contributed by atoms with van der Waals surface area (Å²) in [6.07, 6.45) is 3.82. The van der Waals surface area contributed by atoms with Crippen LogP contribution in [0.15, 0.2) is 83.8 Å². The highest BCUT2D eigenvalue weighted by atomic mass is 32.2. The molecule has 1 aliphatic carbocycles. The Morgan fingerprint density at radius 3 is 2.33 bits per heavy atom. The summed E-state index contributed by atoms with van der Waals surface area (Å²) in [5.74, 6) is -0.903. The number of amides is 2. The lowest BCUT2D eigenvalue weighted by molar-refractivity contribution is -0.139. The molecule has 0 heterocycles. The normalized spacial score (nSPS) is 14.4. The Morgan fingerprint density at radius 1 is 1.00 bits per heavy atom. The number of methoxy groups -OCH3 is 1. The maximum atomic E-state index is 13.9. The third-order valence-electron chi connectivity index (χ3n) is 7.09. The molecule has 8 nitrogen and oxygen atoms in total. The average molecular weight is 568 g/mol. The molecule has 212 valence electrons. The molecule has 0 unspecified atom stereocenters. The molecule has 4 rings (SSSR count). The number of carbonyl (C=O) groups excluding carboxylic acids is 2. The molecular weight excluding hydrogens is 533 g/mol. The van der Waals surface area contributed by atoms with Gasteiger partial charge in [-0.05, 0) is 61.7 Å². The molecule has 2 amide bonds. The molecule has 10 heteroatoms. The number of carbonyl (C=O) groups is 2. The van der Waals surface area contributed by atoms with Gasteiger partial charge >= 0.3 is 0 Å². The van der Waals surface area contributed by atoms with E-state index < -0.39 is 34.3 Å². The van der Waals surface area contributed by atoms with Crippen LogP contribution in [-0.2, 0) is 26.2 Å². The van der Waals surface area contributed by atoms with E-state index in [9.17, 15) is 22.4 Å². The summed E-state index contributed by atoms with van der Waals surface area (Å²) in [6.45, 7) is 1.05. The third-order valence-corrected chi connectivity index (χ3v) is 8.87. The smallest absolute Gasteiger partial charge is 0.264 e. The Hall–Kier alpha value is -3.92. The highest BCUT2D eigenvalue weighted by molar-refractivity contribution is 7.92. The van der Waals surface area contributed by atoms with E-state index in [2.05, 4.69) is 5.32 Å². The van der Waals surface area contributed by atoms with Crippen molar-refractivity contribution in [1.29, 1.82) is 0 Å². The van der Waals surface area contributed by atoms with E-state index >= 15 is 0 Å². The van der Waals surface area contributed by atoms with Gasteiger partial charge in [-0.3, -0.25) is 13.9 Å². The van der Waals surface area contributed by atoms with Gasteiger partial charge in [-0.2, -0.15) is 0 Å². The molecule has 0 bridgehead atoms. The summed E-state index contributed by atoms with van der Waals surface area (Å²) in [4.78, 5) is 28.5. The lowest BCUT2D eigenvalue weighted by atomic mass is 10.1. The number of nitrogens with zero attached hydrogens (tertiary/aromatic N) is 2. The first kappa shape index (κ1) is 29.1. The first-order valence-corrected chi connectivity index (χ1v) is 14.7. The summed E-state index contributed by atoms with van der Waals surface area (Å²) in [7, 11) is -2.70. The number of anilines is 1. The summed E-state index contributed by atoms with van der Waals surface area (Å²) in [6, 6.07) is 19.1. The van der Waals surface area contributed by atoms with Crippen molar-refractivity contribution in [3.63, 3.8) is 0 Å². The number of hydrogen-bond donors (Lipinski definition) is 1. The Balaban J connectivity index is 1.68. The monoisotopic (exact) mass is 567 g/mol. The maximum absolute atomic E-state index is 13.9. The van der Waals surface area contributed by atoms with E-state index in [1.165, 1.54) is 54.5 Å². The predicted molar refractivity (Wildman–Crippen MR) is 151 cm³/mol. The molecule has 1 fully saturated rings. The highest BCUT2D eigenvalue weighted by Gasteiger charge is 2.33. The maximum Gasteiger partial charge on any atom is 0.264 e. The lowest BCUT2D eigenvalue weighted by Gasteiger charge is -2.32. The number of hydrogen-bond acceptors (Lipinski definition) is 5. The van der Waals surface area contributed by atoms with Gasteiger partial charge in [-0.25, -0.2) is 12.8 Å². The van der Waals surface area contributed by atoms with E-state index in [0.29, 0.717) is 11.3 Å². The number of halogens is 1. The zero-order valence-corrected chi connectivity index (χ0v) is 23.4. The van der Waals surface area contributed by atoms with Crippen LogP contribution in [0.25, 0.3) is 0 Å². The standard InChI is InChI=1S/C30H34FN3O5S/c1-22(30(36)32-25-9-6-7-10-25)33(20-23-15-17-24(31)18-16-23)29(35)21-34(26-11-8-12-27(19-26)39-2)40(37,38)28-13-4-3-5-14-28/h3-5,8,11-19,22,25H,6-7,9-10,20-21H2,1-2H3,(H,32,36)/t22-/m0/s1. The second-order valence-electron chi connectivity index (χ2n) is 9.84. The number of sulfonamides is 1. The van der Waals surface area contributed by atoms with Crippen LogP contribution in [0.2, 0.25) is 0 Å². The van der Waals surface area contributed by atoms with Gasteiger partial charge in [0.05, 0.1) is 17.7 Å². The topological polar surface area (TPSA) is 96.0 Å². The van der Waals surface area contributed by atoms with Crippen LogP contribution < -0.4 is 14.4 Å². The second kappa shape index (κ2) is 13.0. The van der Waals surface area contributed by atoms with E-state index in [0.717, 1.165) is 30.0 Å². The van der Waals surface area contributed by atoms with Crippen LogP contribution in [0, 0.1) is 5.82 Å². The Bertz CT molecular complexity index is 1410. The molecule has 1 atom stereocenters. The van der Waals surface area contributed by atoms with Crippen molar-refractivity contribution >= 4 is 27.5 Å². The van der Waals surface area contributed by atoms with Gasteiger partial charge in [-0.15, -0.1) is 0 Å². The highest BCUT2D eigenvalue weighted by Crippen LogP contribution is 2.27. The van der Waals surface area contributed by atoms with E-state index in [1.54, 1.807) is 43.3 Å². The van der Waals surface area contributed by atoms with Crippen LogP contribution in [0.3, 0.4) is 0 Å². The van der Waals surface area contributed by atoms with Gasteiger partial charge in [0.1, 0.15) is 24.2 Å². The van der Waals surface area contributed by atoms with Crippen molar-refractivity contribution < 1.29 is 27.1 Å². The van der Waals surface area contributed by atoms with Crippen molar-refractivity contribution in [2.24, 2.45) is 0 Å². The fourth-order valence-corrected chi connectivity index (χ4v) is 6.20. The van der Waals surface area contributed by atoms with Crippen LogP contribution in [-0.4, -0.2) is 50.9 Å². The van der Waals surface area contributed by atoms with E-state index in [-0.39, 0.29) is 29.1 Å². The average Bonchev–Trinajstić information content (AvgIpc) is 3.48. The van der Waals surface area contributed by atoms with Gasteiger partial charge in [-0.1, -0.05) is 49.2 Å². The Morgan fingerprint density at radius 2 is 1.68 bits per heavy atom. The quantitative estimate of drug-likeness (QED) is 0.368.